The molecule has 1 atom stereocenters. The third-order valence-corrected chi connectivity index (χ3v) is 3.56. The summed E-state index contributed by atoms with van der Waals surface area (Å²) in [5, 5.41) is 3.47. The molecule has 16 heavy (non-hydrogen) atoms. The van der Waals surface area contributed by atoms with Crippen molar-refractivity contribution in [3.05, 3.63) is 34.8 Å². The van der Waals surface area contributed by atoms with Gasteiger partial charge in [-0.15, -0.1) is 11.3 Å². The van der Waals surface area contributed by atoms with Crippen LogP contribution in [0.3, 0.4) is 0 Å². The van der Waals surface area contributed by atoms with E-state index < -0.39 is 0 Å². The number of nitrogens with one attached hydrogen (secondary N) is 1. The van der Waals surface area contributed by atoms with Crippen LogP contribution in [0.15, 0.2) is 24.1 Å². The number of hydrogen-bond acceptors (Lipinski definition) is 4. The Bertz CT molecular complexity index is 421. The van der Waals surface area contributed by atoms with Gasteiger partial charge in [0, 0.05) is 49.5 Å². The summed E-state index contributed by atoms with van der Waals surface area (Å²) in [5.74, 6) is 1.11. The number of aromatic nitrogens is 3. The lowest BCUT2D eigenvalue weighted by Crippen LogP contribution is -2.21. The van der Waals surface area contributed by atoms with Crippen molar-refractivity contribution in [3.63, 3.8) is 0 Å². The summed E-state index contributed by atoms with van der Waals surface area (Å²) in [7, 11) is 2.02. The van der Waals surface area contributed by atoms with Crippen LogP contribution in [0.25, 0.3) is 0 Å². The lowest BCUT2D eigenvalue weighted by molar-refractivity contribution is 0.571. The monoisotopic (exact) mass is 236 g/mol. The van der Waals surface area contributed by atoms with Gasteiger partial charge in [-0.1, -0.05) is 0 Å². The molecule has 0 aliphatic rings. The van der Waals surface area contributed by atoms with Gasteiger partial charge in [0.1, 0.15) is 5.82 Å². The maximum atomic E-state index is 4.29. The fourth-order valence-electron chi connectivity index (χ4n) is 1.58. The summed E-state index contributed by atoms with van der Waals surface area (Å²) in [6, 6.07) is 0.368. The zero-order valence-electron chi connectivity index (χ0n) is 9.55. The maximum absolute atomic E-state index is 4.29. The van der Waals surface area contributed by atoms with E-state index in [1.165, 1.54) is 4.88 Å². The summed E-state index contributed by atoms with van der Waals surface area (Å²) in [6.45, 7) is 3.09. The number of nitrogens with zero attached hydrogens (tertiary/aromatic N) is 3. The van der Waals surface area contributed by atoms with Crippen molar-refractivity contribution in [1.29, 1.82) is 0 Å². The Morgan fingerprint density at radius 1 is 1.56 bits per heavy atom. The summed E-state index contributed by atoms with van der Waals surface area (Å²) in [4.78, 5) is 9.64. The number of thiazole rings is 1. The molecule has 2 aromatic heterocycles. The summed E-state index contributed by atoms with van der Waals surface area (Å²) in [6.07, 6.45) is 6.68. The van der Waals surface area contributed by atoms with Gasteiger partial charge in [0.25, 0.3) is 0 Å². The first kappa shape index (κ1) is 11.3. The predicted molar refractivity (Wildman–Crippen MR) is 65.4 cm³/mol. The van der Waals surface area contributed by atoms with Crippen molar-refractivity contribution in [1.82, 2.24) is 19.9 Å². The molecule has 0 bridgehead atoms. The molecule has 0 aliphatic heterocycles. The van der Waals surface area contributed by atoms with Crippen LogP contribution in [0.4, 0.5) is 0 Å². The Labute approximate surface area is 99.4 Å². The molecule has 0 amide bonds. The Balaban J connectivity index is 1.78. The molecular weight excluding hydrogens is 220 g/mol. The summed E-state index contributed by atoms with van der Waals surface area (Å²) in [5.41, 5.74) is 1.87. The van der Waals surface area contributed by atoms with E-state index in [0.29, 0.717) is 6.04 Å². The fraction of sp³-hybridized carbons (Fsp3) is 0.455. The van der Waals surface area contributed by atoms with Crippen LogP contribution in [-0.2, 0) is 13.5 Å². The standard InChI is InChI=1S/C11H16N4S/c1-9(10-7-12-8-16-10)13-4-3-11-14-5-6-15(11)2/h5-9,13H,3-4H2,1-2H3. The highest BCUT2D eigenvalue weighted by Crippen LogP contribution is 2.15. The molecule has 4 nitrogen and oxygen atoms in total. The minimum Gasteiger partial charge on any atom is -0.338 e. The first-order valence-electron chi connectivity index (χ1n) is 5.35. The number of imidazole rings is 1. The molecule has 86 valence electrons. The molecular formula is C11H16N4S. The fourth-order valence-corrected chi connectivity index (χ4v) is 2.23. The van der Waals surface area contributed by atoms with Crippen LogP contribution in [0.2, 0.25) is 0 Å². The Morgan fingerprint density at radius 3 is 3.06 bits per heavy atom. The second-order valence-corrected chi connectivity index (χ2v) is 4.70. The second kappa shape index (κ2) is 5.23. The smallest absolute Gasteiger partial charge is 0.109 e. The van der Waals surface area contributed by atoms with Crippen molar-refractivity contribution in [2.24, 2.45) is 7.05 Å². The van der Waals surface area contributed by atoms with E-state index >= 15 is 0 Å². The van der Waals surface area contributed by atoms with E-state index in [1.54, 1.807) is 11.3 Å². The lowest BCUT2D eigenvalue weighted by Gasteiger charge is -2.11. The van der Waals surface area contributed by atoms with Crippen LogP contribution >= 0.6 is 11.3 Å². The zero-order valence-corrected chi connectivity index (χ0v) is 10.4. The normalized spacial score (nSPS) is 12.9. The van der Waals surface area contributed by atoms with Crippen LogP contribution in [0.1, 0.15) is 23.7 Å². The molecule has 2 heterocycles. The minimum absolute atomic E-state index is 0.368. The molecule has 0 saturated heterocycles. The van der Waals surface area contributed by atoms with E-state index in [-0.39, 0.29) is 0 Å². The van der Waals surface area contributed by atoms with Gasteiger partial charge >= 0.3 is 0 Å². The molecule has 0 radical (unpaired) electrons. The lowest BCUT2D eigenvalue weighted by atomic mass is 10.3. The Morgan fingerprint density at radius 2 is 2.44 bits per heavy atom. The number of rotatable bonds is 5. The van der Waals surface area contributed by atoms with Gasteiger partial charge in [-0.2, -0.15) is 0 Å². The van der Waals surface area contributed by atoms with Gasteiger partial charge < -0.3 is 9.88 Å². The molecule has 2 rings (SSSR count). The second-order valence-electron chi connectivity index (χ2n) is 3.78. The van der Waals surface area contributed by atoms with Crippen LogP contribution in [0, 0.1) is 0 Å². The minimum atomic E-state index is 0.368. The molecule has 0 saturated carbocycles. The Kier molecular flexibility index (Phi) is 3.69. The van der Waals surface area contributed by atoms with Gasteiger partial charge in [-0.05, 0) is 6.92 Å². The van der Waals surface area contributed by atoms with Crippen LogP contribution in [0.5, 0.6) is 0 Å². The van der Waals surface area contributed by atoms with Crippen molar-refractivity contribution in [2.45, 2.75) is 19.4 Å². The molecule has 5 heteroatoms. The SMILES string of the molecule is CC(NCCc1nccn1C)c1cncs1. The van der Waals surface area contributed by atoms with Gasteiger partial charge in [0.05, 0.1) is 5.51 Å². The first-order chi connectivity index (χ1) is 7.77. The van der Waals surface area contributed by atoms with Crippen molar-refractivity contribution >= 4 is 11.3 Å². The number of aryl methyl sites for hydroxylation is 1. The molecule has 0 spiro atoms. The van der Waals surface area contributed by atoms with Crippen molar-refractivity contribution in [2.75, 3.05) is 6.54 Å². The quantitative estimate of drug-likeness (QED) is 0.860. The van der Waals surface area contributed by atoms with Crippen molar-refractivity contribution < 1.29 is 0 Å². The molecule has 1 unspecified atom stereocenters. The summed E-state index contributed by atoms with van der Waals surface area (Å²) < 4.78 is 2.05. The molecule has 1 N–H and O–H groups in total. The van der Waals surface area contributed by atoms with E-state index in [2.05, 4.69) is 26.8 Å². The third-order valence-electron chi connectivity index (χ3n) is 2.60. The molecule has 0 aromatic carbocycles. The van der Waals surface area contributed by atoms with E-state index in [1.807, 2.05) is 31.1 Å². The van der Waals surface area contributed by atoms with E-state index in [0.717, 1.165) is 18.8 Å². The Hall–Kier alpha value is -1.20. The predicted octanol–water partition coefficient (Wildman–Crippen LogP) is 1.77. The largest absolute Gasteiger partial charge is 0.338 e. The first-order valence-corrected chi connectivity index (χ1v) is 6.23. The van der Waals surface area contributed by atoms with Crippen LogP contribution < -0.4 is 5.32 Å². The average Bonchev–Trinajstić information content (AvgIpc) is 2.90. The van der Waals surface area contributed by atoms with Gasteiger partial charge in [-0.25, -0.2) is 4.98 Å². The van der Waals surface area contributed by atoms with Crippen LogP contribution in [-0.4, -0.2) is 21.1 Å². The number of hydrogen-bond donors (Lipinski definition) is 1. The average molecular weight is 236 g/mol. The highest BCUT2D eigenvalue weighted by Gasteiger charge is 2.06. The van der Waals surface area contributed by atoms with Gasteiger partial charge in [0.15, 0.2) is 0 Å². The highest BCUT2D eigenvalue weighted by molar-refractivity contribution is 7.09. The zero-order chi connectivity index (χ0) is 11.4. The van der Waals surface area contributed by atoms with E-state index in [9.17, 15) is 0 Å². The molecule has 0 fully saturated rings. The van der Waals surface area contributed by atoms with Gasteiger partial charge in [0.2, 0.25) is 0 Å². The molecule has 0 aliphatic carbocycles. The van der Waals surface area contributed by atoms with Gasteiger partial charge in [-0.3, -0.25) is 4.98 Å². The third kappa shape index (κ3) is 2.68. The van der Waals surface area contributed by atoms with E-state index in [4.69, 9.17) is 0 Å². The maximum Gasteiger partial charge on any atom is 0.109 e. The molecule has 2 aromatic rings. The highest BCUT2D eigenvalue weighted by atomic mass is 32.1. The van der Waals surface area contributed by atoms with Crippen molar-refractivity contribution in [3.8, 4) is 0 Å². The topological polar surface area (TPSA) is 42.7 Å². The summed E-state index contributed by atoms with van der Waals surface area (Å²) >= 11 is 1.69.